The normalized spacial score (nSPS) is 14.7. The zero-order valence-corrected chi connectivity index (χ0v) is 13.8. The van der Waals surface area contributed by atoms with E-state index in [1.165, 1.54) is 0 Å². The van der Waals surface area contributed by atoms with Crippen molar-refractivity contribution in [1.82, 2.24) is 0 Å². The molecule has 0 aromatic heterocycles. The Bertz CT molecular complexity index is 323. The van der Waals surface area contributed by atoms with Crippen LogP contribution in [0.1, 0.15) is 71.1 Å². The van der Waals surface area contributed by atoms with Gasteiger partial charge in [0, 0.05) is 6.42 Å². The number of allylic oxidation sites excluding steroid dienone is 3. The fourth-order valence-electron chi connectivity index (χ4n) is 2.12. The minimum Gasteiger partial charge on any atom is -0.481 e. The number of carbonyl (C=O) groups is 1. The van der Waals surface area contributed by atoms with Crippen LogP contribution in [0, 0.1) is 0 Å². The summed E-state index contributed by atoms with van der Waals surface area (Å²) in [6.07, 6.45) is 14.6. The summed E-state index contributed by atoms with van der Waals surface area (Å²) in [5.41, 5.74) is 0. The average molecular weight is 312 g/mol. The van der Waals surface area contributed by atoms with Crippen LogP contribution in [0.2, 0.25) is 0 Å². The van der Waals surface area contributed by atoms with Gasteiger partial charge in [0.25, 0.3) is 0 Å². The first-order valence-corrected chi connectivity index (χ1v) is 8.45. The third-order valence-electron chi connectivity index (χ3n) is 3.54. The number of unbranched alkanes of at least 4 members (excludes halogenated alkanes) is 4. The van der Waals surface area contributed by atoms with Crippen molar-refractivity contribution < 1.29 is 20.1 Å². The summed E-state index contributed by atoms with van der Waals surface area (Å²) in [5.74, 6) is -0.734. The van der Waals surface area contributed by atoms with E-state index in [1.807, 2.05) is 18.2 Å². The number of carboxylic acid groups (broad SMARTS) is 1. The molecular weight excluding hydrogens is 280 g/mol. The molecule has 0 aliphatic rings. The number of rotatable bonds is 14. The first-order chi connectivity index (χ1) is 10.6. The van der Waals surface area contributed by atoms with E-state index in [-0.39, 0.29) is 6.42 Å². The second-order valence-electron chi connectivity index (χ2n) is 5.68. The minimum absolute atomic E-state index is 0.242. The Kier molecular flexibility index (Phi) is 14.0. The second kappa shape index (κ2) is 14.8. The zero-order valence-electron chi connectivity index (χ0n) is 13.8. The van der Waals surface area contributed by atoms with Crippen molar-refractivity contribution >= 4 is 5.97 Å². The molecule has 0 heterocycles. The molecule has 0 rings (SSSR count). The monoisotopic (exact) mass is 312 g/mol. The number of hydrogen-bond donors (Lipinski definition) is 3. The fraction of sp³-hybridized carbons (Fsp3) is 0.722. The molecule has 2 atom stereocenters. The Morgan fingerprint density at radius 2 is 1.68 bits per heavy atom. The van der Waals surface area contributed by atoms with Crippen LogP contribution in [0.3, 0.4) is 0 Å². The van der Waals surface area contributed by atoms with Gasteiger partial charge in [0.05, 0.1) is 12.2 Å². The van der Waals surface area contributed by atoms with Gasteiger partial charge >= 0.3 is 5.97 Å². The Hall–Kier alpha value is -1.13. The zero-order chi connectivity index (χ0) is 16.6. The van der Waals surface area contributed by atoms with Gasteiger partial charge in [0.2, 0.25) is 0 Å². The van der Waals surface area contributed by atoms with Crippen LogP contribution in [0.5, 0.6) is 0 Å². The molecule has 4 nitrogen and oxygen atoms in total. The van der Waals surface area contributed by atoms with E-state index in [9.17, 15) is 15.0 Å². The van der Waals surface area contributed by atoms with E-state index in [2.05, 4.69) is 13.0 Å². The third-order valence-corrected chi connectivity index (χ3v) is 3.54. The highest BCUT2D eigenvalue weighted by Gasteiger charge is 2.13. The number of aliphatic hydroxyl groups excluding tert-OH is 2. The van der Waals surface area contributed by atoms with Crippen molar-refractivity contribution in [2.24, 2.45) is 0 Å². The molecule has 0 aromatic carbocycles. The Morgan fingerprint density at radius 3 is 2.36 bits per heavy atom. The molecule has 0 radical (unpaired) electrons. The topological polar surface area (TPSA) is 77.8 Å². The number of aliphatic hydroxyl groups is 2. The molecular formula is C18H32O4. The highest BCUT2D eigenvalue weighted by molar-refractivity contribution is 5.66. The molecule has 3 N–H and O–H groups in total. The Morgan fingerprint density at radius 1 is 0.955 bits per heavy atom. The lowest BCUT2D eigenvalue weighted by molar-refractivity contribution is -0.137. The SMILES string of the molecule is CCCCC[C@H](O)[C@@H](O)C/C=C\C/C=C\CCCCC(=O)O. The first kappa shape index (κ1) is 20.9. The number of hydrogen-bond acceptors (Lipinski definition) is 3. The molecule has 0 aliphatic heterocycles. The van der Waals surface area contributed by atoms with Crippen LogP contribution in [0.15, 0.2) is 24.3 Å². The van der Waals surface area contributed by atoms with E-state index in [0.717, 1.165) is 44.9 Å². The van der Waals surface area contributed by atoms with Crippen LogP contribution < -0.4 is 0 Å². The van der Waals surface area contributed by atoms with Gasteiger partial charge in [0.1, 0.15) is 0 Å². The van der Waals surface area contributed by atoms with Crippen LogP contribution in [0.4, 0.5) is 0 Å². The maximum absolute atomic E-state index is 10.3. The lowest BCUT2D eigenvalue weighted by Crippen LogP contribution is -2.25. The van der Waals surface area contributed by atoms with Crippen LogP contribution >= 0.6 is 0 Å². The van der Waals surface area contributed by atoms with E-state index >= 15 is 0 Å². The quantitative estimate of drug-likeness (QED) is 0.336. The molecule has 0 saturated heterocycles. The van der Waals surface area contributed by atoms with Crippen molar-refractivity contribution in [2.45, 2.75) is 83.3 Å². The molecule has 0 amide bonds. The molecule has 0 bridgehead atoms. The van der Waals surface area contributed by atoms with Crippen molar-refractivity contribution in [3.05, 3.63) is 24.3 Å². The lowest BCUT2D eigenvalue weighted by Gasteiger charge is -2.15. The summed E-state index contributed by atoms with van der Waals surface area (Å²) in [6.45, 7) is 2.12. The maximum atomic E-state index is 10.3. The first-order valence-electron chi connectivity index (χ1n) is 8.45. The molecule has 0 spiro atoms. The van der Waals surface area contributed by atoms with Crippen LogP contribution in [0.25, 0.3) is 0 Å². The van der Waals surface area contributed by atoms with E-state index in [4.69, 9.17) is 5.11 Å². The third kappa shape index (κ3) is 13.8. The summed E-state index contributed by atoms with van der Waals surface area (Å²) in [4.78, 5) is 10.3. The fourth-order valence-corrected chi connectivity index (χ4v) is 2.12. The van der Waals surface area contributed by atoms with Gasteiger partial charge < -0.3 is 15.3 Å². The Balaban J connectivity index is 3.57. The predicted octanol–water partition coefficient (Wildman–Crippen LogP) is 3.83. The van der Waals surface area contributed by atoms with E-state index in [0.29, 0.717) is 12.8 Å². The van der Waals surface area contributed by atoms with Gasteiger partial charge in [-0.1, -0.05) is 50.5 Å². The molecule has 0 aliphatic carbocycles. The predicted molar refractivity (Wildman–Crippen MR) is 89.8 cm³/mol. The van der Waals surface area contributed by atoms with E-state index < -0.39 is 18.2 Å². The smallest absolute Gasteiger partial charge is 0.303 e. The standard InChI is InChI=1S/C18H32O4/c1-2-3-10-13-16(19)17(20)14-11-8-6-4-5-7-9-12-15-18(21)22/h4-5,8,11,16-17,19-20H,2-3,6-7,9-10,12-15H2,1H3,(H,21,22)/b5-4-,11-8-/t16-,17-/m0/s1. The maximum Gasteiger partial charge on any atom is 0.303 e. The van der Waals surface area contributed by atoms with Gasteiger partial charge in [-0.3, -0.25) is 4.79 Å². The summed E-state index contributed by atoms with van der Waals surface area (Å²) in [5, 5.41) is 28.1. The van der Waals surface area contributed by atoms with Gasteiger partial charge in [-0.25, -0.2) is 0 Å². The number of aliphatic carboxylic acids is 1. The minimum atomic E-state index is -0.734. The average Bonchev–Trinajstić information content (AvgIpc) is 2.48. The van der Waals surface area contributed by atoms with Gasteiger partial charge in [-0.2, -0.15) is 0 Å². The van der Waals surface area contributed by atoms with Crippen molar-refractivity contribution in [2.75, 3.05) is 0 Å². The molecule has 22 heavy (non-hydrogen) atoms. The highest BCUT2D eigenvalue weighted by atomic mass is 16.4. The van der Waals surface area contributed by atoms with Crippen LogP contribution in [-0.4, -0.2) is 33.5 Å². The summed E-state index contributed by atoms with van der Waals surface area (Å²) in [7, 11) is 0. The summed E-state index contributed by atoms with van der Waals surface area (Å²) in [6, 6.07) is 0. The largest absolute Gasteiger partial charge is 0.481 e. The van der Waals surface area contributed by atoms with Crippen LogP contribution in [-0.2, 0) is 4.79 Å². The van der Waals surface area contributed by atoms with Crippen molar-refractivity contribution in [3.8, 4) is 0 Å². The van der Waals surface area contributed by atoms with Gasteiger partial charge in [0.15, 0.2) is 0 Å². The van der Waals surface area contributed by atoms with Gasteiger partial charge in [-0.15, -0.1) is 0 Å². The Labute approximate surface area is 134 Å². The molecule has 0 aromatic rings. The molecule has 0 unspecified atom stereocenters. The molecule has 4 heteroatoms. The van der Waals surface area contributed by atoms with E-state index in [1.54, 1.807) is 0 Å². The highest BCUT2D eigenvalue weighted by Crippen LogP contribution is 2.10. The molecule has 0 saturated carbocycles. The molecule has 0 fully saturated rings. The van der Waals surface area contributed by atoms with Crippen molar-refractivity contribution in [3.63, 3.8) is 0 Å². The molecule has 128 valence electrons. The number of carboxylic acids is 1. The lowest BCUT2D eigenvalue weighted by atomic mass is 10.0. The van der Waals surface area contributed by atoms with Gasteiger partial charge in [-0.05, 0) is 38.5 Å². The summed E-state index contributed by atoms with van der Waals surface area (Å²) >= 11 is 0. The summed E-state index contributed by atoms with van der Waals surface area (Å²) < 4.78 is 0. The second-order valence-corrected chi connectivity index (χ2v) is 5.68. The van der Waals surface area contributed by atoms with Crippen molar-refractivity contribution in [1.29, 1.82) is 0 Å².